The van der Waals surface area contributed by atoms with E-state index in [0.29, 0.717) is 11.6 Å². The average Bonchev–Trinajstić information content (AvgIpc) is 2.45. The smallest absolute Gasteiger partial charge is 0.126 e. The van der Waals surface area contributed by atoms with E-state index in [0.717, 1.165) is 30.7 Å². The van der Waals surface area contributed by atoms with E-state index in [4.69, 9.17) is 17.3 Å². The van der Waals surface area contributed by atoms with E-state index in [-0.39, 0.29) is 11.2 Å². The number of rotatable bonds is 5. The first-order valence-electron chi connectivity index (χ1n) is 7.72. The molecule has 1 saturated carbocycles. The molecular formula is C17H25ClFN. The quantitative estimate of drug-likeness (QED) is 0.817. The van der Waals surface area contributed by atoms with E-state index in [2.05, 4.69) is 6.92 Å². The summed E-state index contributed by atoms with van der Waals surface area (Å²) in [5.41, 5.74) is 6.82. The van der Waals surface area contributed by atoms with Gasteiger partial charge in [-0.3, -0.25) is 0 Å². The van der Waals surface area contributed by atoms with Gasteiger partial charge in [-0.15, -0.1) is 0 Å². The minimum absolute atomic E-state index is 0.0652. The number of nitrogens with two attached hydrogens (primary N) is 1. The third-order valence-corrected chi connectivity index (χ3v) is 5.10. The molecule has 1 aliphatic rings. The molecule has 1 aliphatic carbocycles. The zero-order valence-corrected chi connectivity index (χ0v) is 13.1. The van der Waals surface area contributed by atoms with E-state index in [1.807, 2.05) is 0 Å². The SMILES string of the molecule is CCCC1CCC(CN)(Cc2cc(Cl)ccc2F)CC1. The molecule has 0 bridgehead atoms. The van der Waals surface area contributed by atoms with Crippen molar-refractivity contribution in [2.24, 2.45) is 17.1 Å². The highest BCUT2D eigenvalue weighted by atomic mass is 35.5. The van der Waals surface area contributed by atoms with E-state index in [9.17, 15) is 4.39 Å². The maximum atomic E-state index is 13.9. The molecule has 20 heavy (non-hydrogen) atoms. The summed E-state index contributed by atoms with van der Waals surface area (Å²) in [5.74, 6) is 0.682. The van der Waals surface area contributed by atoms with E-state index < -0.39 is 0 Å². The molecule has 0 unspecified atom stereocenters. The first kappa shape index (κ1) is 15.8. The Morgan fingerprint density at radius 1 is 1.35 bits per heavy atom. The van der Waals surface area contributed by atoms with E-state index in [1.165, 1.54) is 31.7 Å². The molecule has 1 aromatic rings. The van der Waals surface area contributed by atoms with Crippen molar-refractivity contribution in [3.63, 3.8) is 0 Å². The molecule has 2 N–H and O–H groups in total. The van der Waals surface area contributed by atoms with Gasteiger partial charge in [0, 0.05) is 5.02 Å². The average molecular weight is 298 g/mol. The fourth-order valence-electron chi connectivity index (χ4n) is 3.52. The number of halogens is 2. The van der Waals surface area contributed by atoms with Crippen LogP contribution in [0.5, 0.6) is 0 Å². The predicted octanol–water partition coefficient (Wildman–Crippen LogP) is 4.96. The summed E-state index contributed by atoms with van der Waals surface area (Å²) in [7, 11) is 0. The van der Waals surface area contributed by atoms with Crippen LogP contribution in [0, 0.1) is 17.2 Å². The second-order valence-corrected chi connectivity index (χ2v) is 6.79. The maximum absolute atomic E-state index is 13.9. The van der Waals surface area contributed by atoms with Crippen LogP contribution in [0.2, 0.25) is 5.02 Å². The van der Waals surface area contributed by atoms with Crippen molar-refractivity contribution in [2.45, 2.75) is 51.9 Å². The molecule has 112 valence electrons. The summed E-state index contributed by atoms with van der Waals surface area (Å²) >= 11 is 5.99. The lowest BCUT2D eigenvalue weighted by atomic mass is 9.67. The second-order valence-electron chi connectivity index (χ2n) is 6.35. The first-order valence-corrected chi connectivity index (χ1v) is 8.10. The van der Waals surface area contributed by atoms with E-state index >= 15 is 0 Å². The van der Waals surface area contributed by atoms with Gasteiger partial charge < -0.3 is 5.73 Å². The minimum atomic E-state index is -0.155. The normalized spacial score (nSPS) is 26.7. The third kappa shape index (κ3) is 3.73. The van der Waals surface area contributed by atoms with Gasteiger partial charge in [0.05, 0.1) is 0 Å². The lowest BCUT2D eigenvalue weighted by Gasteiger charge is -2.40. The standard InChI is InChI=1S/C17H25ClFN/c1-2-3-13-6-8-17(12-20,9-7-13)11-14-10-15(18)4-5-16(14)19/h4-5,10,13H,2-3,6-9,11-12,20H2,1H3. The molecular weight excluding hydrogens is 273 g/mol. The molecule has 0 amide bonds. The van der Waals surface area contributed by atoms with Crippen LogP contribution in [0.4, 0.5) is 4.39 Å². The van der Waals surface area contributed by atoms with Gasteiger partial charge in [-0.05, 0) is 73.7 Å². The lowest BCUT2D eigenvalue weighted by Crippen LogP contribution is -2.37. The molecule has 1 nitrogen and oxygen atoms in total. The van der Waals surface area contributed by atoms with Gasteiger partial charge in [0.25, 0.3) is 0 Å². The molecule has 0 heterocycles. The summed E-state index contributed by atoms with van der Waals surface area (Å²) in [6, 6.07) is 4.82. The van der Waals surface area contributed by atoms with Crippen molar-refractivity contribution in [2.75, 3.05) is 6.54 Å². The number of hydrogen-bond acceptors (Lipinski definition) is 1. The molecule has 0 aliphatic heterocycles. The second kappa shape index (κ2) is 6.91. The van der Waals surface area contributed by atoms with Crippen molar-refractivity contribution in [3.05, 3.63) is 34.6 Å². The Balaban J connectivity index is 2.07. The van der Waals surface area contributed by atoms with Crippen LogP contribution in [-0.4, -0.2) is 6.54 Å². The molecule has 1 fully saturated rings. The fourth-order valence-corrected chi connectivity index (χ4v) is 3.72. The van der Waals surface area contributed by atoms with Crippen molar-refractivity contribution in [1.29, 1.82) is 0 Å². The van der Waals surface area contributed by atoms with Crippen molar-refractivity contribution in [3.8, 4) is 0 Å². The van der Waals surface area contributed by atoms with Crippen LogP contribution in [0.3, 0.4) is 0 Å². The highest BCUT2D eigenvalue weighted by molar-refractivity contribution is 6.30. The van der Waals surface area contributed by atoms with E-state index in [1.54, 1.807) is 12.1 Å². The molecule has 0 aromatic heterocycles. The van der Waals surface area contributed by atoms with Gasteiger partial charge in [0.1, 0.15) is 5.82 Å². The topological polar surface area (TPSA) is 26.0 Å². The molecule has 2 rings (SSSR count). The monoisotopic (exact) mass is 297 g/mol. The van der Waals surface area contributed by atoms with Gasteiger partial charge in [0.15, 0.2) is 0 Å². The van der Waals surface area contributed by atoms with Crippen molar-refractivity contribution in [1.82, 2.24) is 0 Å². The van der Waals surface area contributed by atoms with Gasteiger partial charge in [-0.25, -0.2) is 4.39 Å². The zero-order chi connectivity index (χ0) is 14.6. The maximum Gasteiger partial charge on any atom is 0.126 e. The van der Waals surface area contributed by atoms with Crippen LogP contribution >= 0.6 is 11.6 Å². The minimum Gasteiger partial charge on any atom is -0.330 e. The summed E-state index contributed by atoms with van der Waals surface area (Å²) in [4.78, 5) is 0. The molecule has 0 radical (unpaired) electrons. The molecule has 0 saturated heterocycles. The van der Waals surface area contributed by atoms with Gasteiger partial charge in [-0.2, -0.15) is 0 Å². The molecule has 0 spiro atoms. The lowest BCUT2D eigenvalue weighted by molar-refractivity contribution is 0.149. The number of benzene rings is 1. The molecule has 1 aromatic carbocycles. The van der Waals surface area contributed by atoms with Gasteiger partial charge in [-0.1, -0.05) is 31.4 Å². The fraction of sp³-hybridized carbons (Fsp3) is 0.647. The number of hydrogen-bond donors (Lipinski definition) is 1. The van der Waals surface area contributed by atoms with Crippen LogP contribution in [0.1, 0.15) is 51.0 Å². The summed E-state index contributed by atoms with van der Waals surface area (Å²) in [6.07, 6.45) is 7.96. The Hall–Kier alpha value is -0.600. The summed E-state index contributed by atoms with van der Waals surface area (Å²) in [6.45, 7) is 2.88. The first-order chi connectivity index (χ1) is 9.58. The van der Waals surface area contributed by atoms with Crippen LogP contribution in [0.25, 0.3) is 0 Å². The van der Waals surface area contributed by atoms with Gasteiger partial charge in [0.2, 0.25) is 0 Å². The third-order valence-electron chi connectivity index (χ3n) is 4.87. The zero-order valence-electron chi connectivity index (χ0n) is 12.3. The Morgan fingerprint density at radius 2 is 2.05 bits per heavy atom. The highest BCUT2D eigenvalue weighted by Gasteiger charge is 2.34. The van der Waals surface area contributed by atoms with Crippen LogP contribution in [-0.2, 0) is 6.42 Å². The van der Waals surface area contributed by atoms with Crippen molar-refractivity contribution >= 4 is 11.6 Å². The molecule has 0 atom stereocenters. The summed E-state index contributed by atoms with van der Waals surface area (Å²) in [5, 5.41) is 0.605. The van der Waals surface area contributed by atoms with Crippen LogP contribution in [0.15, 0.2) is 18.2 Å². The van der Waals surface area contributed by atoms with Gasteiger partial charge >= 0.3 is 0 Å². The Labute approximate surface area is 126 Å². The highest BCUT2D eigenvalue weighted by Crippen LogP contribution is 2.42. The largest absolute Gasteiger partial charge is 0.330 e. The van der Waals surface area contributed by atoms with Crippen molar-refractivity contribution < 1.29 is 4.39 Å². The Kier molecular flexibility index (Phi) is 5.45. The van der Waals surface area contributed by atoms with Crippen LogP contribution < -0.4 is 5.73 Å². The Morgan fingerprint density at radius 3 is 2.65 bits per heavy atom. The molecule has 3 heteroatoms. The Bertz CT molecular complexity index is 439. The summed E-state index contributed by atoms with van der Waals surface area (Å²) < 4.78 is 13.9. The predicted molar refractivity (Wildman–Crippen MR) is 83.5 cm³/mol.